The second-order valence-corrected chi connectivity index (χ2v) is 8.67. The molecule has 0 saturated carbocycles. The lowest BCUT2D eigenvalue weighted by Gasteiger charge is -2.40. The van der Waals surface area contributed by atoms with E-state index in [0.717, 1.165) is 6.54 Å². The lowest BCUT2D eigenvalue weighted by Crippen LogP contribution is -2.55. The van der Waals surface area contributed by atoms with Gasteiger partial charge in [-0.1, -0.05) is 23.1 Å². The first-order chi connectivity index (χ1) is 11.8. The van der Waals surface area contributed by atoms with Crippen LogP contribution in [0.3, 0.4) is 0 Å². The summed E-state index contributed by atoms with van der Waals surface area (Å²) in [7, 11) is 1.45. The molecule has 1 aliphatic heterocycles. The predicted molar refractivity (Wildman–Crippen MR) is 103 cm³/mol. The van der Waals surface area contributed by atoms with Crippen LogP contribution in [0.5, 0.6) is 0 Å². The molecule has 1 heterocycles. The molecule has 3 unspecified atom stereocenters. The number of benzene rings is 1. The highest BCUT2D eigenvalue weighted by molar-refractivity contribution is 14.1. The average molecular weight is 505 g/mol. The SMILES string of the molecule is CC(C)(O[B]c1cc(Cl)cc(COCC(F)(F)F)c1)C(C)(O)C1CN1I. The van der Waals surface area contributed by atoms with Gasteiger partial charge in [-0.15, -0.1) is 0 Å². The van der Waals surface area contributed by atoms with E-state index < -0.39 is 24.0 Å². The van der Waals surface area contributed by atoms with Crippen molar-refractivity contribution in [2.45, 2.75) is 50.8 Å². The van der Waals surface area contributed by atoms with E-state index in [2.05, 4.69) is 27.6 Å². The third kappa shape index (κ3) is 5.97. The highest BCUT2D eigenvalue weighted by Crippen LogP contribution is 2.40. The molecule has 1 saturated heterocycles. The van der Waals surface area contributed by atoms with Crippen molar-refractivity contribution in [3.05, 3.63) is 28.8 Å². The lowest BCUT2D eigenvalue weighted by molar-refractivity contribution is -0.176. The van der Waals surface area contributed by atoms with Gasteiger partial charge in [-0.25, -0.2) is 3.11 Å². The van der Waals surface area contributed by atoms with Crippen molar-refractivity contribution >= 4 is 47.4 Å². The van der Waals surface area contributed by atoms with Gasteiger partial charge in [0.05, 0.1) is 18.2 Å². The molecule has 1 aliphatic rings. The Balaban J connectivity index is 1.98. The molecular weight excluding hydrogens is 484 g/mol. The minimum atomic E-state index is -4.37. The van der Waals surface area contributed by atoms with Crippen LogP contribution in [0.15, 0.2) is 18.2 Å². The molecule has 1 fully saturated rings. The molecule has 10 heteroatoms. The number of hydrogen-bond acceptors (Lipinski definition) is 4. The summed E-state index contributed by atoms with van der Waals surface area (Å²) in [6.45, 7) is 4.53. The van der Waals surface area contributed by atoms with Crippen LogP contribution in [0.25, 0.3) is 0 Å². The van der Waals surface area contributed by atoms with Crippen LogP contribution in [0, 0.1) is 0 Å². The Hall–Kier alpha value is -0.0651. The van der Waals surface area contributed by atoms with E-state index in [1.54, 1.807) is 32.9 Å². The Morgan fingerprint density at radius 1 is 1.31 bits per heavy atom. The van der Waals surface area contributed by atoms with E-state index in [-0.39, 0.29) is 12.6 Å². The smallest absolute Gasteiger partial charge is 0.411 e. The van der Waals surface area contributed by atoms with E-state index in [9.17, 15) is 18.3 Å². The number of rotatable bonds is 8. The van der Waals surface area contributed by atoms with Crippen molar-refractivity contribution in [3.8, 4) is 0 Å². The van der Waals surface area contributed by atoms with E-state index >= 15 is 0 Å². The number of hydrogen-bond donors (Lipinski definition) is 1. The highest BCUT2D eigenvalue weighted by Gasteiger charge is 2.55. The second-order valence-electron chi connectivity index (χ2n) is 6.99. The van der Waals surface area contributed by atoms with Gasteiger partial charge in [-0.2, -0.15) is 13.2 Å². The Bertz CT molecular complexity index is 646. The molecule has 2 rings (SSSR count). The van der Waals surface area contributed by atoms with Gasteiger partial charge in [0.2, 0.25) is 0 Å². The number of alkyl halides is 3. The molecule has 1 aromatic carbocycles. The van der Waals surface area contributed by atoms with Gasteiger partial charge in [0.25, 0.3) is 0 Å². The first-order valence-corrected chi connectivity index (χ1v) is 9.26. The molecule has 0 aromatic heterocycles. The minimum Gasteiger partial charge on any atom is -0.427 e. The van der Waals surface area contributed by atoms with Crippen LogP contribution in [0.2, 0.25) is 5.02 Å². The van der Waals surface area contributed by atoms with Gasteiger partial charge >= 0.3 is 13.7 Å². The van der Waals surface area contributed by atoms with Gasteiger partial charge < -0.3 is 14.5 Å². The first kappa shape index (κ1) is 22.2. The van der Waals surface area contributed by atoms with Crippen LogP contribution in [-0.2, 0) is 16.0 Å². The van der Waals surface area contributed by atoms with Gasteiger partial charge in [-0.05, 0) is 38.5 Å². The van der Waals surface area contributed by atoms with Crippen LogP contribution in [0.4, 0.5) is 13.2 Å². The number of aliphatic hydroxyl groups is 1. The molecule has 0 spiro atoms. The quantitative estimate of drug-likeness (QED) is 0.256. The van der Waals surface area contributed by atoms with Crippen molar-refractivity contribution in [1.29, 1.82) is 0 Å². The van der Waals surface area contributed by atoms with Crippen LogP contribution < -0.4 is 5.46 Å². The summed E-state index contributed by atoms with van der Waals surface area (Å²) in [6, 6.07) is 4.79. The van der Waals surface area contributed by atoms with Gasteiger partial charge in [0.1, 0.15) is 12.2 Å². The van der Waals surface area contributed by atoms with Crippen molar-refractivity contribution < 1.29 is 27.7 Å². The van der Waals surface area contributed by atoms with Crippen LogP contribution in [-0.4, -0.2) is 52.3 Å². The van der Waals surface area contributed by atoms with Crippen LogP contribution in [0.1, 0.15) is 26.3 Å². The summed E-state index contributed by atoms with van der Waals surface area (Å²) < 4.78 is 49.0. The molecule has 0 bridgehead atoms. The maximum atomic E-state index is 12.2. The minimum absolute atomic E-state index is 0.00260. The van der Waals surface area contributed by atoms with Gasteiger partial charge in [-0.3, -0.25) is 0 Å². The summed E-state index contributed by atoms with van der Waals surface area (Å²) in [4.78, 5) is 0. The summed E-state index contributed by atoms with van der Waals surface area (Å²) in [5.41, 5.74) is -0.884. The molecule has 145 valence electrons. The fraction of sp³-hybridized carbons (Fsp3) is 0.625. The predicted octanol–water partition coefficient (Wildman–Crippen LogP) is 3.24. The van der Waals surface area contributed by atoms with Gasteiger partial charge in [0.15, 0.2) is 0 Å². The number of halogens is 5. The van der Waals surface area contributed by atoms with Crippen molar-refractivity contribution in [2.24, 2.45) is 0 Å². The van der Waals surface area contributed by atoms with Crippen molar-refractivity contribution in [1.82, 2.24) is 3.11 Å². The molecule has 3 atom stereocenters. The fourth-order valence-electron chi connectivity index (χ4n) is 2.42. The van der Waals surface area contributed by atoms with E-state index in [4.69, 9.17) is 16.3 Å². The molecule has 1 radical (unpaired) electrons. The Morgan fingerprint density at radius 3 is 2.46 bits per heavy atom. The summed E-state index contributed by atoms with van der Waals surface area (Å²) in [6.07, 6.45) is -4.37. The molecule has 26 heavy (non-hydrogen) atoms. The average Bonchev–Trinajstić information content (AvgIpc) is 3.21. The molecule has 4 nitrogen and oxygen atoms in total. The largest absolute Gasteiger partial charge is 0.427 e. The zero-order valence-electron chi connectivity index (χ0n) is 14.6. The molecule has 0 amide bonds. The lowest BCUT2D eigenvalue weighted by atomic mass is 9.80. The maximum Gasteiger partial charge on any atom is 0.411 e. The third-order valence-electron chi connectivity index (χ3n) is 4.42. The van der Waals surface area contributed by atoms with Gasteiger partial charge in [0, 0.05) is 34.4 Å². The fourth-order valence-corrected chi connectivity index (χ4v) is 3.60. The summed E-state index contributed by atoms with van der Waals surface area (Å²) >= 11 is 8.17. The standard InChI is InChI=1S/C16H20BClF3INO3/c1-14(2,15(3,24)13-7-23(13)22)26-17-11-4-10(5-12(18)6-11)8-25-9-16(19,20)21/h4-6,13,24H,7-9H2,1-3H3. The van der Waals surface area contributed by atoms with Crippen molar-refractivity contribution in [3.63, 3.8) is 0 Å². The highest BCUT2D eigenvalue weighted by atomic mass is 127. The van der Waals surface area contributed by atoms with E-state index in [0.29, 0.717) is 16.0 Å². The molecule has 1 N–H and O–H groups in total. The molecule has 0 aliphatic carbocycles. The summed E-state index contributed by atoms with van der Waals surface area (Å²) in [5, 5.41) is 11.1. The number of nitrogens with zero attached hydrogens (tertiary/aromatic N) is 1. The van der Waals surface area contributed by atoms with Crippen LogP contribution >= 0.6 is 34.5 Å². The van der Waals surface area contributed by atoms with Crippen molar-refractivity contribution in [2.75, 3.05) is 13.2 Å². The molecule has 1 aromatic rings. The third-order valence-corrected chi connectivity index (χ3v) is 5.71. The Labute approximate surface area is 170 Å². The second kappa shape index (κ2) is 8.12. The first-order valence-electron chi connectivity index (χ1n) is 7.91. The van der Waals surface area contributed by atoms with E-state index in [1.807, 2.05) is 3.11 Å². The number of ether oxygens (including phenoxy) is 1. The molecular formula is C16H20BClF3INO3. The maximum absolute atomic E-state index is 12.2. The normalized spacial score (nSPS) is 22.8. The topological polar surface area (TPSA) is 41.7 Å². The monoisotopic (exact) mass is 504 g/mol. The Morgan fingerprint density at radius 2 is 1.92 bits per heavy atom. The zero-order chi connectivity index (χ0) is 19.8. The zero-order valence-corrected chi connectivity index (χ0v) is 17.5. The summed E-state index contributed by atoms with van der Waals surface area (Å²) in [5.74, 6) is 0. The van der Waals surface area contributed by atoms with E-state index in [1.165, 1.54) is 13.5 Å². The Kier molecular flexibility index (Phi) is 6.94.